The molecule has 0 aromatic carbocycles. The molecule has 0 radical (unpaired) electrons. The van der Waals surface area contributed by atoms with E-state index in [1.54, 1.807) is 0 Å². The van der Waals surface area contributed by atoms with Crippen LogP contribution in [0.4, 0.5) is 5.00 Å². The van der Waals surface area contributed by atoms with E-state index >= 15 is 0 Å². The molecule has 1 amide bonds. The van der Waals surface area contributed by atoms with Crippen molar-refractivity contribution in [2.24, 2.45) is 0 Å². The van der Waals surface area contributed by atoms with Crippen LogP contribution in [0.3, 0.4) is 0 Å². The van der Waals surface area contributed by atoms with E-state index in [1.807, 2.05) is 11.3 Å². The fraction of sp³-hybridized carbons (Fsp3) is 0.538. The lowest BCUT2D eigenvalue weighted by Gasteiger charge is -2.13. The van der Waals surface area contributed by atoms with Crippen LogP contribution in [0.5, 0.6) is 0 Å². The first-order valence-electron chi connectivity index (χ1n) is 12.8. The lowest BCUT2D eigenvalue weighted by Crippen LogP contribution is -2.17. The van der Waals surface area contributed by atoms with Crippen LogP contribution < -0.4 is 5.32 Å². The van der Waals surface area contributed by atoms with Crippen molar-refractivity contribution in [1.29, 1.82) is 0 Å². The Morgan fingerprint density at radius 1 is 1.06 bits per heavy atom. The number of amides is 1. The van der Waals surface area contributed by atoms with E-state index in [9.17, 15) is 9.59 Å². The zero-order chi connectivity index (χ0) is 25.1. The molecule has 0 spiro atoms. The van der Waals surface area contributed by atoms with E-state index in [1.165, 1.54) is 63.9 Å². The number of ether oxygens (including phenoxy) is 1. The van der Waals surface area contributed by atoms with Gasteiger partial charge in [0.25, 0.3) is 0 Å². The Morgan fingerprint density at radius 3 is 2.64 bits per heavy atom. The van der Waals surface area contributed by atoms with Crippen LogP contribution in [-0.4, -0.2) is 39.5 Å². The van der Waals surface area contributed by atoms with Crippen LogP contribution in [0.25, 0.3) is 11.4 Å². The number of hydrogen-bond acceptors (Lipinski definition) is 8. The molecule has 5 rings (SSSR count). The summed E-state index contributed by atoms with van der Waals surface area (Å²) in [5.74, 6) is 0.590. The number of aromatic nitrogens is 3. The van der Waals surface area contributed by atoms with E-state index in [2.05, 4.69) is 32.4 Å². The molecule has 0 unspecified atom stereocenters. The van der Waals surface area contributed by atoms with Gasteiger partial charge in [-0.3, -0.25) is 4.79 Å². The van der Waals surface area contributed by atoms with Crippen molar-refractivity contribution in [3.05, 3.63) is 31.8 Å². The number of hydrogen-bond donors (Lipinski definition) is 1. The molecule has 2 aliphatic carbocycles. The minimum absolute atomic E-state index is 0.151. The van der Waals surface area contributed by atoms with Gasteiger partial charge in [0.2, 0.25) is 5.91 Å². The first kappa shape index (κ1) is 25.5. The Kier molecular flexibility index (Phi) is 8.12. The zero-order valence-electron chi connectivity index (χ0n) is 20.9. The van der Waals surface area contributed by atoms with Crippen molar-refractivity contribution in [3.8, 4) is 11.4 Å². The maximum atomic E-state index is 13.0. The minimum Gasteiger partial charge on any atom is -0.465 e. The molecule has 0 saturated carbocycles. The van der Waals surface area contributed by atoms with E-state index in [0.29, 0.717) is 10.6 Å². The Balaban J connectivity index is 1.32. The molecule has 2 aliphatic rings. The molecule has 0 fully saturated rings. The maximum absolute atomic E-state index is 13.0. The second-order valence-electron chi connectivity index (χ2n) is 9.31. The second kappa shape index (κ2) is 11.5. The van der Waals surface area contributed by atoms with Gasteiger partial charge in [0.05, 0.1) is 18.4 Å². The highest BCUT2D eigenvalue weighted by atomic mass is 32.2. The lowest BCUT2D eigenvalue weighted by molar-refractivity contribution is -0.113. The number of esters is 1. The van der Waals surface area contributed by atoms with E-state index < -0.39 is 0 Å². The summed E-state index contributed by atoms with van der Waals surface area (Å²) >= 11 is 4.75. The number of thiophene rings is 2. The third-order valence-electron chi connectivity index (χ3n) is 6.86. The van der Waals surface area contributed by atoms with E-state index in [0.717, 1.165) is 74.5 Å². The normalized spacial score (nSPS) is 15.2. The predicted octanol–water partition coefficient (Wildman–Crippen LogP) is 6.14. The molecule has 0 aliphatic heterocycles. The fourth-order valence-corrected chi connectivity index (χ4v) is 8.33. The highest BCUT2D eigenvalue weighted by Crippen LogP contribution is 2.39. The van der Waals surface area contributed by atoms with Crippen LogP contribution in [-0.2, 0) is 41.8 Å². The number of methoxy groups -OCH3 is 1. The molecule has 0 saturated heterocycles. The van der Waals surface area contributed by atoms with Crippen LogP contribution in [0, 0.1) is 0 Å². The van der Waals surface area contributed by atoms with Gasteiger partial charge in [-0.2, -0.15) is 0 Å². The molecular formula is C26H32N4O3S3. The molecule has 0 bridgehead atoms. The Hall–Kier alpha value is -2.17. The van der Waals surface area contributed by atoms with Crippen LogP contribution >= 0.6 is 34.4 Å². The third-order valence-corrected chi connectivity index (χ3v) is 10.1. The van der Waals surface area contributed by atoms with Gasteiger partial charge in [-0.05, 0) is 68.9 Å². The average molecular weight is 545 g/mol. The summed E-state index contributed by atoms with van der Waals surface area (Å²) in [6, 6.07) is 0. The summed E-state index contributed by atoms with van der Waals surface area (Å²) < 4.78 is 7.22. The Labute approximate surface area is 224 Å². The zero-order valence-corrected chi connectivity index (χ0v) is 23.3. The van der Waals surface area contributed by atoms with Gasteiger partial charge in [0.1, 0.15) is 5.00 Å². The van der Waals surface area contributed by atoms with Gasteiger partial charge in [0, 0.05) is 27.2 Å². The monoisotopic (exact) mass is 544 g/mol. The maximum Gasteiger partial charge on any atom is 0.341 e. The standard InChI is InChI=1S/C26H32N4O3S3/c1-3-13-30-23(18-14-34-19-11-8-7-9-16(18)19)28-29-26(30)35-15-21(31)27-24-22(25(32)33-2)17-10-5-4-6-12-20(17)36-24/h14H,3-13,15H2,1-2H3,(H,27,31). The highest BCUT2D eigenvalue weighted by Gasteiger charge is 2.27. The molecule has 3 aromatic rings. The SMILES string of the molecule is CCCn1c(SCC(=O)Nc2sc3c(c2C(=O)OC)CCCCC3)nnc1-c1csc2c1CCCC2. The van der Waals surface area contributed by atoms with E-state index in [-0.39, 0.29) is 17.6 Å². The van der Waals surface area contributed by atoms with Crippen molar-refractivity contribution in [2.45, 2.75) is 82.8 Å². The van der Waals surface area contributed by atoms with Crippen molar-refractivity contribution < 1.29 is 14.3 Å². The Morgan fingerprint density at radius 2 is 1.81 bits per heavy atom. The highest BCUT2D eigenvalue weighted by molar-refractivity contribution is 7.99. The van der Waals surface area contributed by atoms with Crippen LogP contribution in [0.1, 0.15) is 76.7 Å². The smallest absolute Gasteiger partial charge is 0.341 e. The molecule has 192 valence electrons. The number of fused-ring (bicyclic) bond motifs is 2. The molecule has 36 heavy (non-hydrogen) atoms. The number of anilines is 1. The quantitative estimate of drug-likeness (QED) is 0.208. The predicted molar refractivity (Wildman–Crippen MR) is 147 cm³/mol. The number of thioether (sulfide) groups is 1. The molecule has 7 nitrogen and oxygen atoms in total. The molecular weight excluding hydrogens is 513 g/mol. The van der Waals surface area contributed by atoms with Crippen molar-refractivity contribution >= 4 is 51.3 Å². The van der Waals surface area contributed by atoms with Crippen LogP contribution in [0.15, 0.2) is 10.5 Å². The summed E-state index contributed by atoms with van der Waals surface area (Å²) in [4.78, 5) is 28.2. The summed E-state index contributed by atoms with van der Waals surface area (Å²) in [6.07, 6.45) is 10.8. The molecule has 10 heteroatoms. The number of rotatable bonds is 8. The largest absolute Gasteiger partial charge is 0.465 e. The minimum atomic E-state index is -0.372. The van der Waals surface area contributed by atoms with Gasteiger partial charge >= 0.3 is 5.97 Å². The summed E-state index contributed by atoms with van der Waals surface area (Å²) in [7, 11) is 1.40. The van der Waals surface area contributed by atoms with Gasteiger partial charge in [-0.1, -0.05) is 25.1 Å². The summed E-state index contributed by atoms with van der Waals surface area (Å²) in [6.45, 7) is 2.95. The topological polar surface area (TPSA) is 86.1 Å². The average Bonchev–Trinajstić information content (AvgIpc) is 3.53. The first-order valence-corrected chi connectivity index (χ1v) is 15.5. The fourth-order valence-electron chi connectivity index (χ4n) is 5.14. The molecule has 3 aromatic heterocycles. The first-order chi connectivity index (χ1) is 17.6. The molecule has 3 heterocycles. The number of aryl methyl sites for hydroxylation is 2. The van der Waals surface area contributed by atoms with Gasteiger partial charge < -0.3 is 14.6 Å². The van der Waals surface area contributed by atoms with Gasteiger partial charge in [-0.25, -0.2) is 4.79 Å². The number of nitrogens with zero attached hydrogens (tertiary/aromatic N) is 3. The second-order valence-corrected chi connectivity index (χ2v) is 12.3. The summed E-state index contributed by atoms with van der Waals surface area (Å²) in [5.41, 5.74) is 4.23. The van der Waals surface area contributed by atoms with E-state index in [4.69, 9.17) is 4.74 Å². The van der Waals surface area contributed by atoms with Crippen molar-refractivity contribution in [3.63, 3.8) is 0 Å². The van der Waals surface area contributed by atoms with Crippen molar-refractivity contribution in [1.82, 2.24) is 14.8 Å². The lowest BCUT2D eigenvalue weighted by atomic mass is 9.95. The number of carbonyl (C=O) groups excluding carboxylic acids is 2. The Bertz CT molecular complexity index is 1260. The van der Waals surface area contributed by atoms with Crippen LogP contribution in [0.2, 0.25) is 0 Å². The molecule has 1 N–H and O–H groups in total. The molecule has 0 atom stereocenters. The number of nitrogens with one attached hydrogen (secondary N) is 1. The summed E-state index contributed by atoms with van der Waals surface area (Å²) in [5, 5.41) is 15.6. The van der Waals surface area contributed by atoms with Gasteiger partial charge in [-0.15, -0.1) is 32.9 Å². The third kappa shape index (κ3) is 5.13. The number of carbonyl (C=O) groups is 2. The van der Waals surface area contributed by atoms with Gasteiger partial charge in [0.15, 0.2) is 11.0 Å². The van der Waals surface area contributed by atoms with Crippen molar-refractivity contribution in [2.75, 3.05) is 18.2 Å².